The SMILES string of the molecule is CCCCCCCCC/C=C/CC/C=C/C(O)C(CO)NC(=O)CC(O)CCCCCCCCC/C=C\CCCCCCCCCCCCCC. The lowest BCUT2D eigenvalue weighted by atomic mass is 10.0. The minimum absolute atomic E-state index is 0.00327. The van der Waals surface area contributed by atoms with Crippen LogP contribution in [0.2, 0.25) is 0 Å². The molecule has 4 N–H and O–H groups in total. The highest BCUT2D eigenvalue weighted by Crippen LogP contribution is 2.15. The average Bonchev–Trinajstić information content (AvgIpc) is 3.12. The smallest absolute Gasteiger partial charge is 0.222 e. The van der Waals surface area contributed by atoms with Gasteiger partial charge in [-0.1, -0.05) is 198 Å². The second-order valence-electron chi connectivity index (χ2n) is 15.3. The average molecular weight is 718 g/mol. The van der Waals surface area contributed by atoms with E-state index in [1.165, 1.54) is 167 Å². The zero-order valence-electron chi connectivity index (χ0n) is 34.0. The molecule has 0 aromatic carbocycles. The predicted octanol–water partition coefficient (Wildman–Crippen LogP) is 12.8. The number of amides is 1. The first kappa shape index (κ1) is 49.6. The molecule has 0 rings (SSSR count). The van der Waals surface area contributed by atoms with Gasteiger partial charge in [-0.3, -0.25) is 4.79 Å². The fraction of sp³-hybridized carbons (Fsp3) is 0.848. The molecule has 0 saturated heterocycles. The maximum atomic E-state index is 12.4. The standard InChI is InChI=1S/C46H87NO4/c1-3-5-7-9-11-13-15-17-18-19-20-21-22-23-24-25-26-28-29-31-33-35-37-39-43(49)41-46(51)47-44(42-48)45(50)40-38-36-34-32-30-27-16-14-12-10-8-6-4-2/h23-24,30,32,38,40,43-45,48-50H,3-22,25-29,31,33-37,39,41-42H2,1-2H3,(H,47,51)/b24-23-,32-30+,40-38+. The topological polar surface area (TPSA) is 89.8 Å². The molecule has 1 amide bonds. The van der Waals surface area contributed by atoms with E-state index in [-0.39, 0.29) is 18.9 Å². The Morgan fingerprint density at radius 2 is 0.843 bits per heavy atom. The molecule has 3 unspecified atom stereocenters. The van der Waals surface area contributed by atoms with Crippen LogP contribution in [0.25, 0.3) is 0 Å². The Morgan fingerprint density at radius 3 is 1.25 bits per heavy atom. The fourth-order valence-electron chi connectivity index (χ4n) is 6.70. The Hall–Kier alpha value is -1.43. The van der Waals surface area contributed by atoms with Gasteiger partial charge in [-0.15, -0.1) is 0 Å². The monoisotopic (exact) mass is 718 g/mol. The van der Waals surface area contributed by atoms with Crippen LogP contribution in [0.15, 0.2) is 36.5 Å². The molecule has 51 heavy (non-hydrogen) atoms. The fourth-order valence-corrected chi connectivity index (χ4v) is 6.70. The van der Waals surface area contributed by atoms with E-state index in [9.17, 15) is 20.1 Å². The van der Waals surface area contributed by atoms with Crippen molar-refractivity contribution in [3.8, 4) is 0 Å². The highest BCUT2D eigenvalue weighted by molar-refractivity contribution is 5.76. The first-order valence-corrected chi connectivity index (χ1v) is 22.3. The van der Waals surface area contributed by atoms with Gasteiger partial charge in [0.25, 0.3) is 0 Å². The normalized spacial score (nSPS) is 13.9. The van der Waals surface area contributed by atoms with E-state index in [0.717, 1.165) is 32.1 Å². The minimum atomic E-state index is -0.951. The zero-order valence-corrected chi connectivity index (χ0v) is 34.0. The first-order valence-electron chi connectivity index (χ1n) is 22.3. The van der Waals surface area contributed by atoms with Gasteiger partial charge >= 0.3 is 0 Å². The van der Waals surface area contributed by atoms with Gasteiger partial charge in [0.05, 0.1) is 31.3 Å². The molecule has 0 radical (unpaired) electrons. The summed E-state index contributed by atoms with van der Waals surface area (Å²) in [5, 5.41) is 33.1. The van der Waals surface area contributed by atoms with Crippen LogP contribution in [0.4, 0.5) is 0 Å². The Labute approximate surface area is 317 Å². The number of hydrogen-bond donors (Lipinski definition) is 4. The van der Waals surface area contributed by atoms with Gasteiger partial charge < -0.3 is 20.6 Å². The van der Waals surface area contributed by atoms with Crippen LogP contribution in [0.5, 0.6) is 0 Å². The van der Waals surface area contributed by atoms with Crippen molar-refractivity contribution >= 4 is 5.91 Å². The molecular formula is C46H87NO4. The van der Waals surface area contributed by atoms with Gasteiger partial charge in [0.15, 0.2) is 0 Å². The molecular weight excluding hydrogens is 631 g/mol. The van der Waals surface area contributed by atoms with Crippen molar-refractivity contribution in [2.24, 2.45) is 0 Å². The molecule has 3 atom stereocenters. The lowest BCUT2D eigenvalue weighted by molar-refractivity contribution is -0.124. The number of carbonyl (C=O) groups is 1. The van der Waals surface area contributed by atoms with E-state index in [4.69, 9.17) is 0 Å². The van der Waals surface area contributed by atoms with Crippen LogP contribution in [0.1, 0.15) is 226 Å². The number of allylic oxidation sites excluding steroid dienone is 5. The van der Waals surface area contributed by atoms with Gasteiger partial charge in [0.1, 0.15) is 0 Å². The lowest BCUT2D eigenvalue weighted by Gasteiger charge is -2.21. The van der Waals surface area contributed by atoms with Gasteiger partial charge in [0, 0.05) is 0 Å². The van der Waals surface area contributed by atoms with Gasteiger partial charge in [-0.2, -0.15) is 0 Å². The maximum absolute atomic E-state index is 12.4. The van der Waals surface area contributed by atoms with Crippen molar-refractivity contribution in [3.63, 3.8) is 0 Å². The van der Waals surface area contributed by atoms with Crippen molar-refractivity contribution < 1.29 is 20.1 Å². The van der Waals surface area contributed by atoms with Crippen LogP contribution in [-0.4, -0.2) is 46.1 Å². The number of aliphatic hydroxyl groups is 3. The van der Waals surface area contributed by atoms with Gasteiger partial charge in [-0.25, -0.2) is 0 Å². The number of hydrogen-bond acceptors (Lipinski definition) is 4. The van der Waals surface area contributed by atoms with E-state index < -0.39 is 18.2 Å². The molecule has 0 fully saturated rings. The number of rotatable bonds is 40. The van der Waals surface area contributed by atoms with Crippen molar-refractivity contribution in [1.29, 1.82) is 0 Å². The third kappa shape index (κ3) is 38.1. The molecule has 0 aliphatic rings. The van der Waals surface area contributed by atoms with Crippen LogP contribution in [0, 0.1) is 0 Å². The Morgan fingerprint density at radius 1 is 0.490 bits per heavy atom. The first-order chi connectivity index (χ1) is 25.0. The third-order valence-corrected chi connectivity index (χ3v) is 10.1. The number of aliphatic hydroxyl groups excluding tert-OH is 3. The van der Waals surface area contributed by atoms with E-state index >= 15 is 0 Å². The lowest BCUT2D eigenvalue weighted by Crippen LogP contribution is -2.45. The van der Waals surface area contributed by atoms with E-state index in [2.05, 4.69) is 43.5 Å². The van der Waals surface area contributed by atoms with E-state index in [1.807, 2.05) is 6.08 Å². The van der Waals surface area contributed by atoms with E-state index in [1.54, 1.807) is 6.08 Å². The minimum Gasteiger partial charge on any atom is -0.394 e. The molecule has 0 heterocycles. The van der Waals surface area contributed by atoms with Crippen molar-refractivity contribution in [2.75, 3.05) is 6.61 Å². The van der Waals surface area contributed by atoms with E-state index in [0.29, 0.717) is 6.42 Å². The van der Waals surface area contributed by atoms with Crippen molar-refractivity contribution in [3.05, 3.63) is 36.5 Å². The summed E-state index contributed by atoms with van der Waals surface area (Å²) >= 11 is 0. The summed E-state index contributed by atoms with van der Waals surface area (Å²) in [6, 6.07) is -0.761. The van der Waals surface area contributed by atoms with Crippen molar-refractivity contribution in [2.45, 2.75) is 244 Å². The van der Waals surface area contributed by atoms with Crippen LogP contribution in [-0.2, 0) is 4.79 Å². The molecule has 0 saturated carbocycles. The second-order valence-corrected chi connectivity index (χ2v) is 15.3. The summed E-state index contributed by atoms with van der Waals surface area (Å²) in [4.78, 5) is 12.4. The summed E-state index contributed by atoms with van der Waals surface area (Å²) in [6.07, 6.45) is 51.5. The maximum Gasteiger partial charge on any atom is 0.222 e. The van der Waals surface area contributed by atoms with Crippen LogP contribution in [0.3, 0.4) is 0 Å². The summed E-state index contributed by atoms with van der Waals surface area (Å²) in [5.74, 6) is -0.328. The molecule has 0 aliphatic heterocycles. The Balaban J connectivity index is 3.66. The predicted molar refractivity (Wildman–Crippen MR) is 222 cm³/mol. The van der Waals surface area contributed by atoms with Crippen molar-refractivity contribution in [1.82, 2.24) is 5.32 Å². The second kappa shape index (κ2) is 41.3. The summed E-state index contributed by atoms with van der Waals surface area (Å²) in [6.45, 7) is 4.19. The largest absolute Gasteiger partial charge is 0.394 e. The number of unbranched alkanes of at least 4 members (excludes halogenated alkanes) is 27. The number of carbonyl (C=O) groups excluding carboxylic acids is 1. The number of nitrogens with one attached hydrogen (secondary N) is 1. The molecule has 300 valence electrons. The zero-order chi connectivity index (χ0) is 37.3. The van der Waals surface area contributed by atoms with Gasteiger partial charge in [0.2, 0.25) is 5.91 Å². The highest BCUT2D eigenvalue weighted by Gasteiger charge is 2.20. The quantitative estimate of drug-likeness (QED) is 0.0375. The molecule has 0 aromatic heterocycles. The summed E-state index contributed by atoms with van der Waals surface area (Å²) < 4.78 is 0. The molecule has 0 bridgehead atoms. The molecule has 0 spiro atoms. The molecule has 0 aromatic rings. The van der Waals surface area contributed by atoms with Crippen LogP contribution >= 0.6 is 0 Å². The molecule has 0 aliphatic carbocycles. The summed E-state index contributed by atoms with van der Waals surface area (Å²) in [7, 11) is 0. The summed E-state index contributed by atoms with van der Waals surface area (Å²) in [5.41, 5.74) is 0. The third-order valence-electron chi connectivity index (χ3n) is 10.1. The Bertz CT molecular complexity index is 794. The molecule has 5 nitrogen and oxygen atoms in total. The van der Waals surface area contributed by atoms with Crippen LogP contribution < -0.4 is 5.32 Å². The Kier molecular flexibility index (Phi) is 40.2. The molecule has 5 heteroatoms. The highest BCUT2D eigenvalue weighted by atomic mass is 16.3. The van der Waals surface area contributed by atoms with Gasteiger partial charge in [-0.05, 0) is 57.8 Å².